The third kappa shape index (κ3) is 7.12. The van der Waals surface area contributed by atoms with Gasteiger partial charge in [-0.15, -0.1) is 0 Å². The summed E-state index contributed by atoms with van der Waals surface area (Å²) in [6.07, 6.45) is 2.43. The maximum Gasteiger partial charge on any atom is 0.304 e. The van der Waals surface area contributed by atoms with Crippen molar-refractivity contribution in [2.75, 3.05) is 12.9 Å². The minimum absolute atomic E-state index is 0.0489. The molecule has 208 valence electrons. The lowest BCUT2D eigenvalue weighted by Gasteiger charge is -2.36. The van der Waals surface area contributed by atoms with E-state index >= 15 is 0 Å². The van der Waals surface area contributed by atoms with Crippen molar-refractivity contribution in [1.29, 1.82) is 0 Å². The molecule has 38 heavy (non-hydrogen) atoms. The zero-order valence-electron chi connectivity index (χ0n) is 22.2. The molecule has 9 nitrogen and oxygen atoms in total. The van der Waals surface area contributed by atoms with Crippen LogP contribution in [0.15, 0.2) is 47.4 Å². The summed E-state index contributed by atoms with van der Waals surface area (Å²) in [5, 5.41) is 25.1. The van der Waals surface area contributed by atoms with E-state index in [-0.39, 0.29) is 36.1 Å². The van der Waals surface area contributed by atoms with Gasteiger partial charge in [0, 0.05) is 23.7 Å². The molecule has 2 unspecified atom stereocenters. The molecule has 0 saturated heterocycles. The number of rotatable bonds is 13. The molecule has 0 saturated carbocycles. The Morgan fingerprint density at radius 2 is 1.79 bits per heavy atom. The van der Waals surface area contributed by atoms with E-state index in [1.54, 1.807) is 12.1 Å². The average molecular weight is 547 g/mol. The molecule has 1 aliphatic heterocycles. The summed E-state index contributed by atoms with van der Waals surface area (Å²) in [5.74, 6) is -1.86. The number of nitrogens with one attached hydrogen (secondary N) is 2. The van der Waals surface area contributed by atoms with Gasteiger partial charge in [0.05, 0.1) is 36.6 Å². The number of unbranched alkanes of at least 4 members (excludes halogenated alkanes) is 1. The van der Waals surface area contributed by atoms with Crippen LogP contribution in [0.2, 0.25) is 0 Å². The minimum atomic E-state index is -3.73. The predicted octanol–water partition coefficient (Wildman–Crippen LogP) is 3.91. The lowest BCUT2D eigenvalue weighted by molar-refractivity contribution is -0.139. The molecular formula is C28H38N2O7S. The number of ether oxygens (including phenoxy) is 1. The first kappa shape index (κ1) is 29.6. The van der Waals surface area contributed by atoms with Crippen molar-refractivity contribution < 1.29 is 33.0 Å². The van der Waals surface area contributed by atoms with Gasteiger partial charge in [-0.25, -0.2) is 8.42 Å². The zero-order valence-corrected chi connectivity index (χ0v) is 23.0. The van der Waals surface area contributed by atoms with Gasteiger partial charge in [-0.3, -0.25) is 14.9 Å². The number of hydrogen-bond donors (Lipinski definition) is 4. The van der Waals surface area contributed by atoms with Crippen LogP contribution in [-0.2, 0) is 26.0 Å². The molecule has 4 N–H and O–H groups in total. The van der Waals surface area contributed by atoms with Gasteiger partial charge in [0.2, 0.25) is 0 Å². The van der Waals surface area contributed by atoms with Crippen LogP contribution in [0.3, 0.4) is 0 Å². The molecule has 1 aliphatic rings. The van der Waals surface area contributed by atoms with Crippen LogP contribution in [0.5, 0.6) is 5.75 Å². The molecule has 2 aromatic carbocycles. The Bertz CT molecular complexity index is 1220. The number of fused-ring (bicyclic) bond motifs is 1. The van der Waals surface area contributed by atoms with Gasteiger partial charge in [0.1, 0.15) is 5.75 Å². The zero-order chi connectivity index (χ0) is 27.9. The number of aliphatic carboxylic acids is 2. The fourth-order valence-corrected chi connectivity index (χ4v) is 7.32. The molecule has 0 aromatic heterocycles. The highest BCUT2D eigenvalue weighted by Gasteiger charge is 2.42. The molecule has 1 heterocycles. The first-order valence-corrected chi connectivity index (χ1v) is 14.6. The van der Waals surface area contributed by atoms with Gasteiger partial charge in [-0.1, -0.05) is 57.0 Å². The minimum Gasteiger partial charge on any atom is -0.496 e. The summed E-state index contributed by atoms with van der Waals surface area (Å²) in [4.78, 5) is 22.7. The van der Waals surface area contributed by atoms with E-state index in [4.69, 9.17) is 4.74 Å². The van der Waals surface area contributed by atoms with Crippen molar-refractivity contribution in [3.8, 4) is 5.75 Å². The molecule has 0 spiro atoms. The first-order chi connectivity index (χ1) is 18.0. The molecule has 10 heteroatoms. The second-order valence-corrected chi connectivity index (χ2v) is 11.9. The SMILES string of the molecule is CCCCC1(CC)CS(=O)(=O)c2cc(CNC(CC(=O)O)CC(=O)O)c(OC)cc2C(c2ccccc2)N1. The van der Waals surface area contributed by atoms with Crippen molar-refractivity contribution in [3.63, 3.8) is 0 Å². The summed E-state index contributed by atoms with van der Waals surface area (Å²) in [5.41, 5.74) is 1.43. The van der Waals surface area contributed by atoms with Crippen LogP contribution in [0.25, 0.3) is 0 Å². The van der Waals surface area contributed by atoms with Crippen molar-refractivity contribution >= 4 is 21.8 Å². The normalized spacial score (nSPS) is 20.5. The summed E-state index contributed by atoms with van der Waals surface area (Å²) < 4.78 is 33.5. The highest BCUT2D eigenvalue weighted by molar-refractivity contribution is 7.91. The Kier molecular flexibility index (Phi) is 9.92. The fourth-order valence-electron chi connectivity index (χ4n) is 5.15. The number of hydrogen-bond acceptors (Lipinski definition) is 7. The summed E-state index contributed by atoms with van der Waals surface area (Å²) >= 11 is 0. The van der Waals surface area contributed by atoms with Crippen molar-refractivity contribution in [3.05, 3.63) is 59.2 Å². The highest BCUT2D eigenvalue weighted by atomic mass is 32.2. The second-order valence-electron chi connectivity index (χ2n) is 9.96. The first-order valence-electron chi connectivity index (χ1n) is 13.0. The Labute approximate surface area is 224 Å². The van der Waals surface area contributed by atoms with E-state index in [0.717, 1.165) is 18.4 Å². The summed E-state index contributed by atoms with van der Waals surface area (Å²) in [7, 11) is -2.24. The van der Waals surface area contributed by atoms with Gasteiger partial charge in [0.15, 0.2) is 9.84 Å². The van der Waals surface area contributed by atoms with Gasteiger partial charge >= 0.3 is 11.9 Å². The van der Waals surface area contributed by atoms with E-state index in [1.165, 1.54) is 7.11 Å². The van der Waals surface area contributed by atoms with E-state index in [2.05, 4.69) is 17.6 Å². The lowest BCUT2D eigenvalue weighted by Crippen LogP contribution is -2.50. The van der Waals surface area contributed by atoms with E-state index in [1.807, 2.05) is 37.3 Å². The van der Waals surface area contributed by atoms with Crippen LogP contribution >= 0.6 is 0 Å². The second kappa shape index (κ2) is 12.7. The quantitative estimate of drug-likeness (QED) is 0.294. The molecule has 0 aliphatic carbocycles. The van der Waals surface area contributed by atoms with Gasteiger partial charge in [0.25, 0.3) is 0 Å². The van der Waals surface area contributed by atoms with Crippen molar-refractivity contribution in [1.82, 2.24) is 10.6 Å². The molecule has 2 aromatic rings. The van der Waals surface area contributed by atoms with Crippen molar-refractivity contribution in [2.24, 2.45) is 0 Å². The number of benzene rings is 2. The van der Waals surface area contributed by atoms with Crippen LogP contribution < -0.4 is 15.4 Å². The molecule has 0 radical (unpaired) electrons. The van der Waals surface area contributed by atoms with Gasteiger partial charge in [-0.2, -0.15) is 0 Å². The molecule has 0 fully saturated rings. The van der Waals surface area contributed by atoms with Crippen LogP contribution in [0.4, 0.5) is 0 Å². The number of carbonyl (C=O) groups is 2. The summed E-state index contributed by atoms with van der Waals surface area (Å²) in [6.45, 7) is 4.15. The van der Waals surface area contributed by atoms with Gasteiger partial charge < -0.3 is 20.3 Å². The largest absolute Gasteiger partial charge is 0.496 e. The van der Waals surface area contributed by atoms with Crippen molar-refractivity contribution in [2.45, 2.75) is 81.4 Å². The Balaban J connectivity index is 2.12. The summed E-state index contributed by atoms with van der Waals surface area (Å²) in [6, 6.07) is 11.8. The van der Waals surface area contributed by atoms with Crippen LogP contribution in [0, 0.1) is 0 Å². The Hall–Kier alpha value is -2.95. The standard InChI is InChI=1S/C28H38N2O7S/c1-4-6-12-28(5-2)18-38(35,36)24-13-20(17-29-21(14-25(31)32)15-26(33)34)23(37-3)16-22(24)27(30-28)19-10-8-7-9-11-19/h7-11,13,16,21,27,29-30H,4-6,12,14-15,17-18H2,1-3H3,(H,31,32)(H,33,34). The molecule has 3 rings (SSSR count). The number of sulfone groups is 1. The van der Waals surface area contributed by atoms with Crippen LogP contribution in [-0.4, -0.2) is 55.0 Å². The third-order valence-corrected chi connectivity index (χ3v) is 9.17. The average Bonchev–Trinajstić information content (AvgIpc) is 2.97. The van der Waals surface area contributed by atoms with E-state index < -0.39 is 33.4 Å². The topological polar surface area (TPSA) is 142 Å². The van der Waals surface area contributed by atoms with Gasteiger partial charge in [-0.05, 0) is 36.1 Å². The predicted molar refractivity (Wildman–Crippen MR) is 144 cm³/mol. The fraction of sp³-hybridized carbons (Fsp3) is 0.500. The molecule has 0 bridgehead atoms. The Morgan fingerprint density at radius 1 is 1.13 bits per heavy atom. The van der Waals surface area contributed by atoms with Crippen LogP contribution in [0.1, 0.15) is 75.1 Å². The number of carboxylic acid groups (broad SMARTS) is 2. The number of carboxylic acids is 2. The molecule has 2 atom stereocenters. The smallest absolute Gasteiger partial charge is 0.304 e. The lowest BCUT2D eigenvalue weighted by atomic mass is 9.88. The molecular weight excluding hydrogens is 508 g/mol. The monoisotopic (exact) mass is 546 g/mol. The maximum atomic E-state index is 13.9. The van der Waals surface area contributed by atoms with E-state index in [9.17, 15) is 28.2 Å². The third-order valence-electron chi connectivity index (χ3n) is 7.22. The highest BCUT2D eigenvalue weighted by Crippen LogP contribution is 2.40. The maximum absolute atomic E-state index is 13.9. The number of methoxy groups -OCH3 is 1. The Morgan fingerprint density at radius 3 is 2.34 bits per heavy atom. The van der Waals surface area contributed by atoms with E-state index in [0.29, 0.717) is 29.7 Å². The molecule has 0 amide bonds.